The number of thioether (sulfide) groups is 1. The zero-order valence-corrected chi connectivity index (χ0v) is 57.5. The van der Waals surface area contributed by atoms with Crippen LogP contribution in [0.15, 0.2) is 236 Å². The van der Waals surface area contributed by atoms with Crippen molar-refractivity contribution in [3.05, 3.63) is 336 Å². The second-order valence-corrected chi connectivity index (χ2v) is 24.2. The fraction of sp³-hybridized carbons (Fsp3) is 0.253. The van der Waals surface area contributed by atoms with E-state index >= 15 is 0 Å². The Morgan fingerprint density at radius 3 is 1.45 bits per heavy atom. The van der Waals surface area contributed by atoms with E-state index in [9.17, 15) is 43.2 Å². The summed E-state index contributed by atoms with van der Waals surface area (Å²) in [5.74, 6) is 13.4. The summed E-state index contributed by atoms with van der Waals surface area (Å²) in [7, 11) is 0. The molecular weight excluding hydrogens is 1360 g/mol. The monoisotopic (exact) mass is 1440 g/mol. The predicted molar refractivity (Wildman–Crippen MR) is 393 cm³/mol. The summed E-state index contributed by atoms with van der Waals surface area (Å²) in [5.41, 5.74) is 3.49. The van der Waals surface area contributed by atoms with Crippen LogP contribution < -0.4 is 50.7 Å². The van der Waals surface area contributed by atoms with Crippen molar-refractivity contribution in [1.82, 2.24) is 47.8 Å². The van der Waals surface area contributed by atoms with Gasteiger partial charge in [0.2, 0.25) is 5.71 Å². The van der Waals surface area contributed by atoms with E-state index in [0.29, 0.717) is 57.9 Å². The lowest BCUT2D eigenvalue weighted by atomic mass is 10.2. The smallest absolute Gasteiger partial charge is 0.351 e. The highest BCUT2D eigenvalue weighted by Crippen LogP contribution is 2.18. The van der Waals surface area contributed by atoms with Crippen molar-refractivity contribution in [2.24, 2.45) is 0 Å². The van der Waals surface area contributed by atoms with E-state index in [4.69, 9.17) is 4.42 Å². The van der Waals surface area contributed by atoms with Gasteiger partial charge in [0.15, 0.2) is 0 Å². The minimum absolute atomic E-state index is 0.234. The molecule has 6 heterocycles. The molecule has 6 aromatic heterocycles. The van der Waals surface area contributed by atoms with Crippen molar-refractivity contribution in [2.45, 2.75) is 117 Å². The van der Waals surface area contributed by atoms with Crippen LogP contribution in [0.1, 0.15) is 122 Å². The fourth-order valence-electron chi connectivity index (χ4n) is 9.33. The Labute approximate surface area is 577 Å². The van der Waals surface area contributed by atoms with Crippen molar-refractivity contribution >= 4 is 45.5 Å². The fourth-order valence-corrected chi connectivity index (χ4v) is 10.3. The number of unbranched alkanes of at least 4 members (excludes halogenated alkanes) is 5. The zero-order valence-electron chi connectivity index (χ0n) is 54.6. The van der Waals surface area contributed by atoms with E-state index in [-0.39, 0.29) is 40.3 Å². The number of aryl methyl sites for hydroxylation is 1. The lowest BCUT2D eigenvalue weighted by molar-refractivity contribution is 0.525. The van der Waals surface area contributed by atoms with Crippen molar-refractivity contribution in [3.63, 3.8) is 0 Å². The lowest BCUT2D eigenvalue weighted by Crippen LogP contribution is -2.41. The molecule has 0 aliphatic rings. The molecule has 0 aliphatic heterocycles. The van der Waals surface area contributed by atoms with Gasteiger partial charge in [-0.2, -0.15) is 16.7 Å². The Kier molecular flexibility index (Phi) is 29.9. The van der Waals surface area contributed by atoms with Crippen LogP contribution in [0.5, 0.6) is 0 Å². The predicted octanol–water partition coefficient (Wildman–Crippen LogP) is 10.3. The van der Waals surface area contributed by atoms with E-state index < -0.39 is 16.9 Å². The summed E-state index contributed by atoms with van der Waals surface area (Å²) >= 11 is 3.44. The number of benzene rings is 5. The number of hydrogen-bond acceptors (Lipinski definition) is 12. The Bertz CT molecular complexity index is 5020. The van der Waals surface area contributed by atoms with Crippen LogP contribution in [0.3, 0.4) is 0 Å². The van der Waals surface area contributed by atoms with E-state index in [1.54, 1.807) is 21.5 Å². The van der Waals surface area contributed by atoms with Gasteiger partial charge in [0, 0.05) is 61.6 Å². The number of rotatable bonds is 19. The first-order valence-corrected chi connectivity index (χ1v) is 34.2. The molecule has 0 fully saturated rings. The average Bonchev–Trinajstić information content (AvgIpc) is 1.51. The molecule has 0 unspecified atom stereocenters. The lowest BCUT2D eigenvalue weighted by Gasteiger charge is -2.12. The van der Waals surface area contributed by atoms with Crippen molar-refractivity contribution in [1.29, 1.82) is 0 Å². The average molecular weight is 1440 g/mol. The van der Waals surface area contributed by atoms with Crippen LogP contribution in [-0.2, 0) is 44.9 Å². The molecule has 0 atom stereocenters. The SMILES string of the molecule is CCCCC#Cc1cn(Cc2ccccc2)c(=O)[nH]c1=O.CCCCC#Cc1cn(Cc2ccccc2)c(=O)n(Cc2ccccc2)c1=O.CCCCc1cc2cn(Cc3ccccc3)c(=O)nc2o1.CSCc1c[nH]c(=O)[nH]c1=O.O=c1[nH]c(=O)n(Cc2ccccc2)cc1I. The van der Waals surface area contributed by atoms with E-state index in [0.717, 1.165) is 96.8 Å². The quantitative estimate of drug-likeness (QED) is 0.0335. The largest absolute Gasteiger partial charge is 0.443 e. The Morgan fingerprint density at radius 1 is 0.505 bits per heavy atom. The number of aromatic nitrogens is 10. The van der Waals surface area contributed by atoms with Gasteiger partial charge >= 0.3 is 28.4 Å². The number of aromatic amines is 4. The first kappa shape index (κ1) is 73.8. The summed E-state index contributed by atoms with van der Waals surface area (Å²) in [6, 6.07) is 50.4. The molecule has 97 heavy (non-hydrogen) atoms. The second-order valence-electron chi connectivity index (χ2n) is 22.1. The number of furan rings is 1. The number of halogens is 1. The minimum atomic E-state index is -0.458. The van der Waals surface area contributed by atoms with Gasteiger partial charge < -0.3 is 9.40 Å². The molecule has 500 valence electrons. The molecule has 5 aromatic carbocycles. The topological polar surface area (TPSA) is 267 Å². The van der Waals surface area contributed by atoms with E-state index in [2.05, 4.69) is 69.4 Å². The first-order valence-electron chi connectivity index (χ1n) is 31.7. The van der Waals surface area contributed by atoms with Crippen LogP contribution in [0.2, 0.25) is 0 Å². The minimum Gasteiger partial charge on any atom is -0.443 e. The first-order chi connectivity index (χ1) is 47.0. The Hall–Kier alpha value is -10.6. The molecular formula is C75H77IN10O10S. The molecule has 11 aromatic rings. The van der Waals surface area contributed by atoms with Crippen LogP contribution >= 0.6 is 34.4 Å². The molecule has 20 nitrogen and oxygen atoms in total. The third-order valence-electron chi connectivity index (χ3n) is 14.4. The Morgan fingerprint density at radius 2 is 0.959 bits per heavy atom. The molecule has 0 aliphatic carbocycles. The van der Waals surface area contributed by atoms with Gasteiger partial charge in [-0.15, -0.1) is 0 Å². The van der Waals surface area contributed by atoms with Crippen molar-refractivity contribution in [2.75, 3.05) is 6.26 Å². The second kappa shape index (κ2) is 39.3. The summed E-state index contributed by atoms with van der Waals surface area (Å²) in [5, 5.41) is 0.886. The zero-order chi connectivity index (χ0) is 69.3. The molecule has 0 radical (unpaired) electrons. The molecule has 0 amide bonds. The highest BCUT2D eigenvalue weighted by Gasteiger charge is 2.13. The molecule has 11 rings (SSSR count). The maximum Gasteiger partial charge on any atom is 0.351 e. The highest BCUT2D eigenvalue weighted by atomic mass is 127. The number of fused-ring (bicyclic) bond motifs is 1. The van der Waals surface area contributed by atoms with Gasteiger partial charge in [-0.05, 0) is 82.0 Å². The molecule has 0 saturated heterocycles. The molecule has 22 heteroatoms. The molecule has 0 saturated carbocycles. The molecule has 0 bridgehead atoms. The normalized spacial score (nSPS) is 10.4. The number of nitrogens with zero attached hydrogens (tertiary/aromatic N) is 6. The van der Waals surface area contributed by atoms with Gasteiger partial charge in [0.25, 0.3) is 22.2 Å². The van der Waals surface area contributed by atoms with Gasteiger partial charge in [-0.25, -0.2) is 24.0 Å². The highest BCUT2D eigenvalue weighted by molar-refractivity contribution is 14.1. The van der Waals surface area contributed by atoms with Gasteiger partial charge in [0.05, 0.1) is 41.7 Å². The van der Waals surface area contributed by atoms with Gasteiger partial charge in [-0.3, -0.25) is 57.0 Å². The standard InChI is InChI=1S/C24H24N2O2.2C17H18N2O2.C11H9IN2O2.C6H8N2O2S/c1-2-3-4-11-16-22-19-25(17-20-12-7-5-8-13-20)24(28)26(23(22)27)18-21-14-9-6-10-15-21;1-2-3-9-15-10-14-12-19(17(20)18-16(14)21-15)11-13-7-5-4-6-8-13;1-2-3-4-8-11-15-13-19(17(21)18-16(15)20)12-14-9-6-5-7-10-14;12-9-7-14(11(16)13-10(9)15)6-8-4-2-1-3-5-8;1-11-3-4-2-7-6(10)8-5(4)9/h5-10,12-15,19H,2-4,17-18H2,1H3;4-8,10,12H,2-3,9,11H2,1H3;5-7,9-10,13H,2-4,12H2,1H3,(H,18,20,21);1-5,7H,6H2,(H,13,15,16);2H,3H2,1H3,(H2,7,8,9,10). The number of hydrogen-bond donors (Lipinski definition) is 4. The summed E-state index contributed by atoms with van der Waals surface area (Å²) in [6.45, 7) is 8.38. The maximum absolute atomic E-state index is 13.0. The van der Waals surface area contributed by atoms with Crippen molar-refractivity contribution in [3.8, 4) is 23.7 Å². The van der Waals surface area contributed by atoms with Crippen LogP contribution in [0.4, 0.5) is 0 Å². The molecule has 0 spiro atoms. The third kappa shape index (κ3) is 24.0. The Balaban J connectivity index is 0.000000176. The maximum atomic E-state index is 13.0. The van der Waals surface area contributed by atoms with Crippen LogP contribution in [0.25, 0.3) is 11.1 Å². The number of nitrogens with one attached hydrogen (secondary N) is 4. The van der Waals surface area contributed by atoms with E-state index in [1.165, 1.54) is 37.9 Å². The third-order valence-corrected chi connectivity index (χ3v) is 15.8. The summed E-state index contributed by atoms with van der Waals surface area (Å²) in [4.78, 5) is 119. The van der Waals surface area contributed by atoms with Crippen LogP contribution in [0, 0.1) is 27.3 Å². The van der Waals surface area contributed by atoms with Gasteiger partial charge in [-0.1, -0.05) is 215 Å². The van der Waals surface area contributed by atoms with Crippen LogP contribution in [-0.4, -0.2) is 54.0 Å². The molecule has 4 N–H and O–H groups in total. The summed E-state index contributed by atoms with van der Waals surface area (Å²) < 4.78 is 13.6. The van der Waals surface area contributed by atoms with Gasteiger partial charge in [0.1, 0.15) is 16.9 Å². The van der Waals surface area contributed by atoms with E-state index in [1.807, 2.05) is 193 Å². The summed E-state index contributed by atoms with van der Waals surface area (Å²) in [6.07, 6.45) is 18.6. The van der Waals surface area contributed by atoms with Crippen molar-refractivity contribution < 1.29 is 4.42 Å². The number of H-pyrrole nitrogens is 4.